The van der Waals surface area contributed by atoms with Gasteiger partial charge in [-0.3, -0.25) is 9.59 Å². The van der Waals surface area contributed by atoms with Gasteiger partial charge in [-0.2, -0.15) is 0 Å². The van der Waals surface area contributed by atoms with Crippen LogP contribution in [0.1, 0.15) is 6.92 Å². The molecule has 1 atom stereocenters. The summed E-state index contributed by atoms with van der Waals surface area (Å²) in [6, 6.07) is -0.726. The molecule has 0 aromatic rings. The van der Waals surface area contributed by atoms with Crippen molar-refractivity contribution in [1.29, 1.82) is 0 Å². The largest absolute Gasteiger partial charge is 0.348 e. The summed E-state index contributed by atoms with van der Waals surface area (Å²) in [7, 11) is 0. The fourth-order valence-electron chi connectivity index (χ4n) is 0.413. The average Bonchev–Trinajstić information content (AvgIpc) is 1.98. The minimum atomic E-state index is -0.726. The Balaban J connectivity index is 3.60. The number of amides is 1. The number of halogens is 1. The molecule has 3 N–H and O–H groups in total. The van der Waals surface area contributed by atoms with Gasteiger partial charge in [0.1, 0.15) is 5.78 Å². The smallest absolute Gasteiger partial charge is 0.238 e. The van der Waals surface area contributed by atoms with Crippen molar-refractivity contribution in [1.82, 2.24) is 5.32 Å². The minimum absolute atomic E-state index is 0.0173. The van der Waals surface area contributed by atoms with Gasteiger partial charge < -0.3 is 11.1 Å². The van der Waals surface area contributed by atoms with E-state index in [1.54, 1.807) is 0 Å². The van der Waals surface area contributed by atoms with E-state index in [1.807, 2.05) is 0 Å². The number of alkyl halides is 1. The van der Waals surface area contributed by atoms with Crippen molar-refractivity contribution in [3.05, 3.63) is 0 Å². The zero-order valence-electron chi connectivity index (χ0n) is 6.26. The Hall–Kier alpha value is -0.610. The van der Waals surface area contributed by atoms with Gasteiger partial charge in [-0.25, -0.2) is 0 Å². The first kappa shape index (κ1) is 10.4. The summed E-state index contributed by atoms with van der Waals surface area (Å²) in [5, 5.41) is 2.33. The number of hydrogen-bond acceptors (Lipinski definition) is 3. The first-order valence-corrected chi connectivity index (χ1v) is 3.70. The van der Waals surface area contributed by atoms with Crippen LogP contribution in [0.5, 0.6) is 0 Å². The molecule has 0 aromatic carbocycles. The van der Waals surface area contributed by atoms with Crippen LogP contribution in [0.25, 0.3) is 0 Å². The number of carbonyl (C=O) groups is 2. The van der Waals surface area contributed by atoms with E-state index in [1.165, 1.54) is 6.92 Å². The number of rotatable bonds is 4. The predicted octanol–water partition coefficient (Wildman–Crippen LogP) is -0.742. The second-order valence-corrected chi connectivity index (χ2v) is 2.49. The maximum absolute atomic E-state index is 10.8. The molecule has 0 radical (unpaired) electrons. The first-order valence-electron chi connectivity index (χ1n) is 3.16. The molecule has 5 heteroatoms. The minimum Gasteiger partial charge on any atom is -0.348 e. The van der Waals surface area contributed by atoms with Gasteiger partial charge in [0, 0.05) is 5.88 Å². The predicted molar refractivity (Wildman–Crippen MR) is 42.4 cm³/mol. The first-order chi connectivity index (χ1) is 5.07. The second kappa shape index (κ2) is 5.09. The van der Waals surface area contributed by atoms with Crippen molar-refractivity contribution in [2.75, 3.05) is 12.4 Å². The number of ketones is 1. The van der Waals surface area contributed by atoms with Crippen LogP contribution < -0.4 is 11.1 Å². The van der Waals surface area contributed by atoms with Crippen molar-refractivity contribution < 1.29 is 9.59 Å². The summed E-state index contributed by atoms with van der Waals surface area (Å²) in [5.74, 6) is -0.445. The van der Waals surface area contributed by atoms with Crippen LogP contribution in [0.4, 0.5) is 0 Å². The Morgan fingerprint density at radius 1 is 1.64 bits per heavy atom. The van der Waals surface area contributed by atoms with E-state index in [4.69, 9.17) is 17.3 Å². The van der Waals surface area contributed by atoms with Gasteiger partial charge in [0.15, 0.2) is 0 Å². The molecule has 11 heavy (non-hydrogen) atoms. The van der Waals surface area contributed by atoms with E-state index in [9.17, 15) is 9.59 Å². The lowest BCUT2D eigenvalue weighted by atomic mass is 10.3. The van der Waals surface area contributed by atoms with Crippen LogP contribution in [-0.2, 0) is 9.59 Å². The molecule has 0 spiro atoms. The number of nitrogens with one attached hydrogen (secondary N) is 1. The second-order valence-electron chi connectivity index (χ2n) is 2.18. The number of nitrogens with two attached hydrogens (primary N) is 1. The fourth-order valence-corrected chi connectivity index (χ4v) is 0.553. The van der Waals surface area contributed by atoms with Crippen molar-refractivity contribution >= 4 is 23.3 Å². The van der Waals surface area contributed by atoms with E-state index in [2.05, 4.69) is 5.32 Å². The molecule has 0 fully saturated rings. The zero-order chi connectivity index (χ0) is 8.85. The van der Waals surface area contributed by atoms with Crippen LogP contribution in [-0.4, -0.2) is 30.2 Å². The van der Waals surface area contributed by atoms with Crippen molar-refractivity contribution in [2.45, 2.75) is 13.0 Å². The van der Waals surface area contributed by atoms with Crippen LogP contribution in [0.2, 0.25) is 0 Å². The molecule has 0 heterocycles. The Kier molecular flexibility index (Phi) is 4.81. The monoisotopic (exact) mass is 178 g/mol. The molecular formula is C6H11ClN2O2. The molecule has 64 valence electrons. The molecule has 0 aliphatic carbocycles. The standard InChI is InChI=1S/C6H11ClN2O2/c1-4(10)3-9-6(11)5(8)2-7/h5H,2-3,8H2,1H3,(H,9,11)/t5-/m0/s1. The summed E-state index contributed by atoms with van der Waals surface area (Å²) in [5.41, 5.74) is 5.25. The maximum Gasteiger partial charge on any atom is 0.238 e. The van der Waals surface area contributed by atoms with Crippen LogP contribution >= 0.6 is 11.6 Å². The molecule has 0 rings (SSSR count). The van der Waals surface area contributed by atoms with Gasteiger partial charge in [-0.05, 0) is 6.92 Å². The van der Waals surface area contributed by atoms with E-state index in [0.717, 1.165) is 0 Å². The maximum atomic E-state index is 10.8. The highest BCUT2D eigenvalue weighted by atomic mass is 35.5. The summed E-state index contributed by atoms with van der Waals surface area (Å²) < 4.78 is 0. The topological polar surface area (TPSA) is 72.2 Å². The van der Waals surface area contributed by atoms with Gasteiger partial charge in [0.2, 0.25) is 5.91 Å². The summed E-state index contributed by atoms with van der Waals surface area (Å²) in [4.78, 5) is 21.2. The van der Waals surface area contributed by atoms with E-state index in [0.29, 0.717) is 0 Å². The van der Waals surface area contributed by atoms with E-state index >= 15 is 0 Å². The summed E-state index contributed by atoms with van der Waals surface area (Å²) in [6.45, 7) is 1.40. The highest BCUT2D eigenvalue weighted by molar-refractivity contribution is 6.19. The molecule has 0 saturated carbocycles. The quantitative estimate of drug-likeness (QED) is 0.557. The van der Waals surface area contributed by atoms with Crippen LogP contribution in [0, 0.1) is 0 Å². The summed E-state index contributed by atoms with van der Waals surface area (Å²) >= 11 is 5.29. The van der Waals surface area contributed by atoms with Gasteiger partial charge in [-0.15, -0.1) is 11.6 Å². The van der Waals surface area contributed by atoms with Crippen molar-refractivity contribution in [3.63, 3.8) is 0 Å². The molecule has 1 amide bonds. The van der Waals surface area contributed by atoms with Gasteiger partial charge in [0.05, 0.1) is 12.6 Å². The number of carbonyl (C=O) groups excluding carboxylic acids is 2. The highest BCUT2D eigenvalue weighted by Gasteiger charge is 2.10. The van der Waals surface area contributed by atoms with E-state index < -0.39 is 11.9 Å². The molecule has 0 unspecified atom stereocenters. The Labute approximate surface area is 70.1 Å². The molecule has 0 saturated heterocycles. The lowest BCUT2D eigenvalue weighted by molar-refractivity contribution is -0.125. The molecule has 0 aromatic heterocycles. The molecule has 0 bridgehead atoms. The van der Waals surface area contributed by atoms with Crippen molar-refractivity contribution in [3.8, 4) is 0 Å². The van der Waals surface area contributed by atoms with Crippen molar-refractivity contribution in [2.24, 2.45) is 5.73 Å². The molecule has 4 nitrogen and oxygen atoms in total. The SMILES string of the molecule is CC(=O)CNC(=O)[C@@H](N)CCl. The van der Waals surface area contributed by atoms with Gasteiger partial charge in [0.25, 0.3) is 0 Å². The average molecular weight is 179 g/mol. The Morgan fingerprint density at radius 2 is 2.18 bits per heavy atom. The lowest BCUT2D eigenvalue weighted by Crippen LogP contribution is -2.43. The van der Waals surface area contributed by atoms with Crippen LogP contribution in [0.3, 0.4) is 0 Å². The fraction of sp³-hybridized carbons (Fsp3) is 0.667. The number of Topliss-reactive ketones (excluding diaryl/α,β-unsaturated/α-hetero) is 1. The normalized spacial score (nSPS) is 12.3. The Morgan fingerprint density at radius 3 is 2.55 bits per heavy atom. The molecule has 0 aliphatic rings. The molecule has 0 aliphatic heterocycles. The third-order valence-electron chi connectivity index (χ3n) is 1.01. The third kappa shape index (κ3) is 4.75. The highest BCUT2D eigenvalue weighted by Crippen LogP contribution is 1.82. The van der Waals surface area contributed by atoms with Crippen LogP contribution in [0.15, 0.2) is 0 Å². The lowest BCUT2D eigenvalue weighted by Gasteiger charge is -2.06. The summed E-state index contributed by atoms with van der Waals surface area (Å²) in [6.07, 6.45) is 0. The molecular weight excluding hydrogens is 168 g/mol. The van der Waals surface area contributed by atoms with E-state index in [-0.39, 0.29) is 18.2 Å². The van der Waals surface area contributed by atoms with Gasteiger partial charge in [-0.1, -0.05) is 0 Å². The Bertz CT molecular complexity index is 161. The third-order valence-corrected chi connectivity index (χ3v) is 1.35. The van der Waals surface area contributed by atoms with Gasteiger partial charge >= 0.3 is 0 Å². The number of hydrogen-bond donors (Lipinski definition) is 2. The zero-order valence-corrected chi connectivity index (χ0v) is 7.02.